The molecule has 0 atom stereocenters. The van der Waals surface area contributed by atoms with Gasteiger partial charge in [-0.2, -0.15) is 0 Å². The molecule has 0 saturated heterocycles. The second-order valence-electron chi connectivity index (χ2n) is 7.68. The van der Waals surface area contributed by atoms with Gasteiger partial charge in [0, 0.05) is 29.6 Å². The van der Waals surface area contributed by atoms with Crippen molar-refractivity contribution in [2.24, 2.45) is 0 Å². The first-order valence-electron chi connectivity index (χ1n) is 10.6. The van der Waals surface area contributed by atoms with E-state index in [-0.39, 0.29) is 24.1 Å². The minimum atomic E-state index is -0.479. The Hall–Kier alpha value is -2.83. The number of hydrogen-bond donors (Lipinski definition) is 0. The van der Waals surface area contributed by atoms with E-state index in [1.54, 1.807) is 35.5 Å². The number of halogens is 2. The summed E-state index contributed by atoms with van der Waals surface area (Å²) in [5.41, 5.74) is 3.10. The summed E-state index contributed by atoms with van der Waals surface area (Å²) in [6.45, 7) is 6.05. The predicted molar refractivity (Wildman–Crippen MR) is 130 cm³/mol. The molecule has 2 aromatic rings. The van der Waals surface area contributed by atoms with E-state index in [4.69, 9.17) is 32.7 Å². The van der Waals surface area contributed by atoms with Crippen LogP contribution in [0.5, 0.6) is 5.75 Å². The summed E-state index contributed by atoms with van der Waals surface area (Å²) in [6.07, 6.45) is 7.62. The summed E-state index contributed by atoms with van der Waals surface area (Å²) >= 11 is 12.9. The fraction of sp³-hybridized carbons (Fsp3) is 0.320. The standard InChI is InChI=1S/C25H26Cl2N2O4/c1-4-11-33-23-13-22(20(26)12-21(23)27)29(15-17-14-28-10-9-16(17)2)24(30)18-7-5-6-8-19(18)25(31)32-3/h4,9-10,12-14H,1,5-8,11,15H2,2-3H3. The van der Waals surface area contributed by atoms with Crippen LogP contribution in [0.15, 0.2) is 54.4 Å². The fourth-order valence-corrected chi connectivity index (χ4v) is 4.28. The number of nitrogens with zero attached hydrogens (tertiary/aromatic N) is 2. The van der Waals surface area contributed by atoms with Gasteiger partial charge >= 0.3 is 5.97 Å². The van der Waals surface area contributed by atoms with Crippen molar-refractivity contribution >= 4 is 40.8 Å². The third kappa shape index (κ3) is 5.75. The lowest BCUT2D eigenvalue weighted by molar-refractivity contribution is -0.136. The molecule has 1 aliphatic carbocycles. The zero-order valence-electron chi connectivity index (χ0n) is 18.7. The van der Waals surface area contributed by atoms with Gasteiger partial charge in [0.25, 0.3) is 5.91 Å². The molecular weight excluding hydrogens is 463 g/mol. The van der Waals surface area contributed by atoms with Crippen molar-refractivity contribution in [2.45, 2.75) is 39.2 Å². The number of esters is 1. The second kappa shape index (κ2) is 11.3. The average molecular weight is 489 g/mol. The Balaban J connectivity index is 2.14. The van der Waals surface area contributed by atoms with Gasteiger partial charge in [0.05, 0.1) is 29.4 Å². The molecule has 0 radical (unpaired) electrons. The van der Waals surface area contributed by atoms with Crippen LogP contribution in [0.1, 0.15) is 36.8 Å². The molecule has 1 aliphatic rings. The van der Waals surface area contributed by atoms with Gasteiger partial charge in [-0.25, -0.2) is 4.79 Å². The molecule has 1 amide bonds. The Bertz CT molecular complexity index is 1100. The van der Waals surface area contributed by atoms with E-state index in [9.17, 15) is 9.59 Å². The molecule has 0 bridgehead atoms. The number of anilines is 1. The maximum Gasteiger partial charge on any atom is 0.334 e. The molecule has 1 aromatic heterocycles. The van der Waals surface area contributed by atoms with Crippen LogP contribution in [-0.4, -0.2) is 30.6 Å². The molecule has 1 heterocycles. The second-order valence-corrected chi connectivity index (χ2v) is 8.50. The molecule has 0 aliphatic heterocycles. The topological polar surface area (TPSA) is 68.7 Å². The molecule has 1 aromatic carbocycles. The number of amides is 1. The zero-order chi connectivity index (χ0) is 24.0. The number of benzene rings is 1. The molecule has 33 heavy (non-hydrogen) atoms. The van der Waals surface area contributed by atoms with Gasteiger partial charge in [-0.05, 0) is 55.9 Å². The van der Waals surface area contributed by atoms with Crippen LogP contribution in [0.2, 0.25) is 10.0 Å². The van der Waals surface area contributed by atoms with Crippen molar-refractivity contribution in [3.8, 4) is 5.75 Å². The van der Waals surface area contributed by atoms with Gasteiger partial charge < -0.3 is 14.4 Å². The van der Waals surface area contributed by atoms with Gasteiger partial charge in [-0.3, -0.25) is 9.78 Å². The maximum absolute atomic E-state index is 13.9. The molecular formula is C25H26Cl2N2O4. The van der Waals surface area contributed by atoms with Crippen molar-refractivity contribution < 1.29 is 19.1 Å². The molecule has 0 spiro atoms. The van der Waals surface area contributed by atoms with Crippen molar-refractivity contribution in [1.29, 1.82) is 0 Å². The summed E-state index contributed by atoms with van der Waals surface area (Å²) < 4.78 is 10.6. The first-order valence-corrected chi connectivity index (χ1v) is 11.4. The molecule has 6 nitrogen and oxygen atoms in total. The van der Waals surface area contributed by atoms with Crippen molar-refractivity contribution in [3.63, 3.8) is 0 Å². The highest BCUT2D eigenvalue weighted by Crippen LogP contribution is 2.39. The van der Waals surface area contributed by atoms with Crippen LogP contribution >= 0.6 is 23.2 Å². The first-order chi connectivity index (χ1) is 15.9. The van der Waals surface area contributed by atoms with Crippen LogP contribution in [0, 0.1) is 6.92 Å². The van der Waals surface area contributed by atoms with E-state index in [1.807, 2.05) is 13.0 Å². The number of rotatable bonds is 8. The Kier molecular flexibility index (Phi) is 8.53. The number of carbonyl (C=O) groups is 2. The monoisotopic (exact) mass is 488 g/mol. The van der Waals surface area contributed by atoms with Crippen LogP contribution in [0.4, 0.5) is 5.69 Å². The van der Waals surface area contributed by atoms with Gasteiger partial charge in [0.1, 0.15) is 12.4 Å². The van der Waals surface area contributed by atoms with E-state index in [2.05, 4.69) is 11.6 Å². The SMILES string of the molecule is C=CCOc1cc(N(Cc2cnccc2C)C(=O)C2=C(C(=O)OC)CCCC2)c(Cl)cc1Cl. The van der Waals surface area contributed by atoms with Crippen LogP contribution in [0.3, 0.4) is 0 Å². The van der Waals surface area contributed by atoms with Crippen LogP contribution < -0.4 is 9.64 Å². The van der Waals surface area contributed by atoms with E-state index in [0.717, 1.165) is 24.0 Å². The van der Waals surface area contributed by atoms with E-state index >= 15 is 0 Å². The minimum Gasteiger partial charge on any atom is -0.488 e. The third-order valence-electron chi connectivity index (χ3n) is 5.53. The molecule has 0 fully saturated rings. The molecule has 0 saturated carbocycles. The Morgan fingerprint density at radius 1 is 1.18 bits per heavy atom. The van der Waals surface area contributed by atoms with Gasteiger partial charge in [0.15, 0.2) is 0 Å². The lowest BCUT2D eigenvalue weighted by atomic mass is 9.90. The normalized spacial score (nSPS) is 13.5. The highest BCUT2D eigenvalue weighted by molar-refractivity contribution is 6.37. The van der Waals surface area contributed by atoms with Crippen LogP contribution in [-0.2, 0) is 20.9 Å². The lowest BCUT2D eigenvalue weighted by Crippen LogP contribution is -2.34. The van der Waals surface area contributed by atoms with Crippen molar-refractivity contribution in [1.82, 2.24) is 4.98 Å². The highest BCUT2D eigenvalue weighted by atomic mass is 35.5. The maximum atomic E-state index is 13.9. The predicted octanol–water partition coefficient (Wildman–Crippen LogP) is 5.84. The Labute approximate surface area is 203 Å². The number of hydrogen-bond acceptors (Lipinski definition) is 5. The van der Waals surface area contributed by atoms with Crippen molar-refractivity contribution in [3.05, 3.63) is 75.6 Å². The largest absolute Gasteiger partial charge is 0.488 e. The quantitative estimate of drug-likeness (QED) is 0.344. The Morgan fingerprint density at radius 3 is 2.58 bits per heavy atom. The summed E-state index contributed by atoms with van der Waals surface area (Å²) in [6, 6.07) is 5.06. The first kappa shape index (κ1) is 24.8. The summed E-state index contributed by atoms with van der Waals surface area (Å²) in [7, 11) is 1.32. The molecule has 0 N–H and O–H groups in total. The van der Waals surface area contributed by atoms with Crippen LogP contribution in [0.25, 0.3) is 0 Å². The fourth-order valence-electron chi connectivity index (χ4n) is 3.74. The third-order valence-corrected chi connectivity index (χ3v) is 6.13. The summed E-state index contributed by atoms with van der Waals surface area (Å²) in [5.74, 6) is -0.410. The molecule has 3 rings (SSSR count). The average Bonchev–Trinajstić information content (AvgIpc) is 2.82. The van der Waals surface area contributed by atoms with Crippen molar-refractivity contribution in [2.75, 3.05) is 18.6 Å². The van der Waals surface area contributed by atoms with Gasteiger partial charge in [-0.15, -0.1) is 0 Å². The summed E-state index contributed by atoms with van der Waals surface area (Å²) in [5, 5.41) is 0.611. The number of ether oxygens (including phenoxy) is 2. The van der Waals surface area contributed by atoms with Gasteiger partial charge in [-0.1, -0.05) is 35.9 Å². The molecule has 8 heteroatoms. The number of carbonyl (C=O) groups excluding carboxylic acids is 2. The van der Waals surface area contributed by atoms with E-state index in [1.165, 1.54) is 7.11 Å². The minimum absolute atomic E-state index is 0.207. The molecule has 0 unspecified atom stereocenters. The smallest absolute Gasteiger partial charge is 0.334 e. The number of methoxy groups -OCH3 is 1. The highest BCUT2D eigenvalue weighted by Gasteiger charge is 2.30. The van der Waals surface area contributed by atoms with E-state index in [0.29, 0.717) is 40.4 Å². The zero-order valence-corrected chi connectivity index (χ0v) is 20.2. The lowest BCUT2D eigenvalue weighted by Gasteiger charge is -2.28. The van der Waals surface area contributed by atoms with Gasteiger partial charge in [0.2, 0.25) is 0 Å². The number of pyridine rings is 1. The van der Waals surface area contributed by atoms with E-state index < -0.39 is 5.97 Å². The molecule has 174 valence electrons. The summed E-state index contributed by atoms with van der Waals surface area (Å²) in [4.78, 5) is 32.1. The number of aromatic nitrogens is 1. The number of aryl methyl sites for hydroxylation is 1. The Morgan fingerprint density at radius 2 is 1.91 bits per heavy atom.